The minimum atomic E-state index is -4.80. The third kappa shape index (κ3) is 7.56. The van der Waals surface area contributed by atoms with Crippen LogP contribution < -0.4 is 9.47 Å². The molecule has 0 aromatic heterocycles. The molecule has 0 spiro atoms. The molecule has 2 aliphatic rings. The van der Waals surface area contributed by atoms with E-state index in [4.69, 9.17) is 4.74 Å². The normalized spacial score (nSPS) is 20.8. The molecule has 0 amide bonds. The number of rotatable bonds is 6. The van der Waals surface area contributed by atoms with Crippen molar-refractivity contribution < 1.29 is 27.8 Å². The van der Waals surface area contributed by atoms with Crippen molar-refractivity contribution in [2.24, 2.45) is 0 Å². The average Bonchev–Trinajstić information content (AvgIpc) is 2.67. The Morgan fingerprint density at radius 3 is 2.19 bits per heavy atom. The van der Waals surface area contributed by atoms with E-state index < -0.39 is 12.0 Å². The first-order chi connectivity index (χ1) is 13.7. The van der Waals surface area contributed by atoms with Crippen LogP contribution in [0.5, 0.6) is 11.5 Å². The van der Waals surface area contributed by atoms with Crippen LogP contribution in [0.4, 0.5) is 13.2 Å². The molecule has 1 aliphatic heterocycles. The zero-order valence-corrected chi connectivity index (χ0v) is 19.6. The summed E-state index contributed by atoms with van der Waals surface area (Å²) in [5.41, 5.74) is -0.264. The Hall–Kier alpha value is -0.930. The highest BCUT2D eigenvalue weighted by atomic mass is 35.5. The molecule has 1 N–H and O–H groups in total. The van der Waals surface area contributed by atoms with E-state index in [1.165, 1.54) is 19.2 Å². The highest BCUT2D eigenvalue weighted by Gasteiger charge is 2.41. The van der Waals surface area contributed by atoms with Crippen LogP contribution >= 0.6 is 24.8 Å². The Labute approximate surface area is 194 Å². The molecule has 1 saturated carbocycles. The van der Waals surface area contributed by atoms with Crippen LogP contribution in [0.3, 0.4) is 0 Å². The van der Waals surface area contributed by atoms with Crippen molar-refractivity contribution in [3.8, 4) is 11.5 Å². The number of alkyl halides is 3. The van der Waals surface area contributed by atoms with Crippen LogP contribution in [0.15, 0.2) is 18.2 Å². The van der Waals surface area contributed by atoms with Gasteiger partial charge in [0.15, 0.2) is 11.5 Å². The van der Waals surface area contributed by atoms with Crippen LogP contribution in [0, 0.1) is 0 Å². The predicted molar refractivity (Wildman–Crippen MR) is 119 cm³/mol. The number of hydrogen-bond donors (Lipinski definition) is 1. The number of nitrogens with zero attached hydrogens (tertiary/aromatic N) is 2. The molecule has 5 nitrogen and oxygen atoms in total. The maximum absolute atomic E-state index is 12.9. The van der Waals surface area contributed by atoms with Crippen molar-refractivity contribution in [1.29, 1.82) is 0 Å². The van der Waals surface area contributed by atoms with Crippen molar-refractivity contribution >= 4 is 24.8 Å². The van der Waals surface area contributed by atoms with Crippen molar-refractivity contribution in [1.82, 2.24) is 9.80 Å². The van der Waals surface area contributed by atoms with Crippen LogP contribution in [-0.4, -0.2) is 73.8 Å². The standard InChI is InChI=1S/C21H31F3N2O3.2ClH/c1-25-10-12-26(13-11-25)15-17(20(27)8-4-3-5-9-20)16-6-7-18(28-2)19(14-16)29-21(22,23)24;;/h6-7,14,17,27H,3-5,8-13,15H2,1-2H3;2*1H. The number of ether oxygens (including phenoxy) is 2. The fourth-order valence-corrected chi connectivity index (χ4v) is 4.50. The van der Waals surface area contributed by atoms with E-state index in [9.17, 15) is 18.3 Å². The first-order valence-corrected chi connectivity index (χ1v) is 10.3. The van der Waals surface area contributed by atoms with E-state index in [1.54, 1.807) is 6.07 Å². The number of aliphatic hydroxyl groups is 1. The van der Waals surface area contributed by atoms with Gasteiger partial charge in [0.25, 0.3) is 0 Å². The summed E-state index contributed by atoms with van der Waals surface area (Å²) in [5, 5.41) is 11.5. The van der Waals surface area contributed by atoms with Gasteiger partial charge in [0.2, 0.25) is 0 Å². The van der Waals surface area contributed by atoms with Crippen molar-refractivity contribution in [3.05, 3.63) is 23.8 Å². The van der Waals surface area contributed by atoms with Gasteiger partial charge in [-0.1, -0.05) is 25.3 Å². The molecule has 0 radical (unpaired) electrons. The summed E-state index contributed by atoms with van der Waals surface area (Å²) in [6.45, 7) is 4.25. The van der Waals surface area contributed by atoms with Crippen LogP contribution in [0.1, 0.15) is 43.6 Å². The lowest BCUT2D eigenvalue weighted by Crippen LogP contribution is -2.50. The maximum Gasteiger partial charge on any atom is 0.573 e. The monoisotopic (exact) mass is 488 g/mol. The molecule has 1 saturated heterocycles. The van der Waals surface area contributed by atoms with Gasteiger partial charge in [-0.3, -0.25) is 0 Å². The fraction of sp³-hybridized carbons (Fsp3) is 0.714. The van der Waals surface area contributed by atoms with Crippen LogP contribution in [0.2, 0.25) is 0 Å². The molecule has 1 aliphatic carbocycles. The van der Waals surface area contributed by atoms with Gasteiger partial charge in [-0.2, -0.15) is 0 Å². The lowest BCUT2D eigenvalue weighted by molar-refractivity contribution is -0.275. The summed E-state index contributed by atoms with van der Waals surface area (Å²) in [5.74, 6) is -0.618. The zero-order chi connectivity index (χ0) is 21.1. The smallest absolute Gasteiger partial charge is 0.493 e. The van der Waals surface area contributed by atoms with Gasteiger partial charge in [-0.15, -0.1) is 38.0 Å². The number of hydrogen-bond acceptors (Lipinski definition) is 5. The highest BCUT2D eigenvalue weighted by molar-refractivity contribution is 5.85. The molecular formula is C21H33Cl2F3N2O3. The van der Waals surface area contributed by atoms with Gasteiger partial charge in [-0.05, 0) is 37.6 Å². The van der Waals surface area contributed by atoms with Gasteiger partial charge in [0.05, 0.1) is 12.7 Å². The molecule has 1 aromatic rings. The minimum Gasteiger partial charge on any atom is -0.493 e. The highest BCUT2D eigenvalue weighted by Crippen LogP contribution is 2.43. The summed E-state index contributed by atoms with van der Waals surface area (Å²) < 4.78 is 47.9. The molecule has 1 atom stereocenters. The van der Waals surface area contributed by atoms with E-state index in [0.29, 0.717) is 24.9 Å². The molecule has 1 heterocycles. The fourth-order valence-electron chi connectivity index (χ4n) is 4.50. The summed E-state index contributed by atoms with van der Waals surface area (Å²) in [6.07, 6.45) is -0.551. The summed E-state index contributed by atoms with van der Waals surface area (Å²) >= 11 is 0. The average molecular weight is 489 g/mol. The SMILES string of the molecule is COc1ccc(C(CN2CCN(C)CC2)C2(O)CCCCC2)cc1OC(F)(F)F.Cl.Cl. The molecule has 1 aromatic carbocycles. The molecule has 1 unspecified atom stereocenters. The largest absolute Gasteiger partial charge is 0.573 e. The lowest BCUT2D eigenvalue weighted by Gasteiger charge is -2.43. The second-order valence-corrected chi connectivity index (χ2v) is 8.28. The molecule has 3 rings (SSSR count). The van der Waals surface area contributed by atoms with Crippen molar-refractivity contribution in [2.75, 3.05) is 46.9 Å². The summed E-state index contributed by atoms with van der Waals surface area (Å²) in [4.78, 5) is 4.55. The molecule has 2 fully saturated rings. The molecule has 180 valence electrons. The van der Waals surface area contributed by atoms with Gasteiger partial charge >= 0.3 is 6.36 Å². The maximum atomic E-state index is 12.9. The number of piperazine rings is 1. The van der Waals surface area contributed by atoms with E-state index in [2.05, 4.69) is 21.6 Å². The Morgan fingerprint density at radius 2 is 1.65 bits per heavy atom. The Kier molecular flexibility index (Phi) is 10.7. The zero-order valence-electron chi connectivity index (χ0n) is 18.0. The first kappa shape index (κ1) is 28.1. The number of benzene rings is 1. The predicted octanol–water partition coefficient (Wildman–Crippen LogP) is 4.46. The molecular weight excluding hydrogens is 456 g/mol. The van der Waals surface area contributed by atoms with E-state index in [0.717, 1.165) is 45.4 Å². The Bertz CT molecular complexity index is 680. The van der Waals surface area contributed by atoms with Gasteiger partial charge in [0.1, 0.15) is 0 Å². The molecule has 0 bridgehead atoms. The van der Waals surface area contributed by atoms with Crippen LogP contribution in [-0.2, 0) is 0 Å². The van der Waals surface area contributed by atoms with Crippen molar-refractivity contribution in [3.63, 3.8) is 0 Å². The first-order valence-electron chi connectivity index (χ1n) is 10.3. The summed E-state index contributed by atoms with van der Waals surface area (Å²) in [7, 11) is 3.39. The van der Waals surface area contributed by atoms with E-state index in [1.807, 2.05) is 0 Å². The van der Waals surface area contributed by atoms with Crippen LogP contribution in [0.25, 0.3) is 0 Å². The number of methoxy groups -OCH3 is 1. The topological polar surface area (TPSA) is 45.2 Å². The van der Waals surface area contributed by atoms with Crippen molar-refractivity contribution in [2.45, 2.75) is 50.0 Å². The Balaban J connectivity index is 0.00000240. The van der Waals surface area contributed by atoms with E-state index in [-0.39, 0.29) is 42.2 Å². The van der Waals surface area contributed by atoms with Gasteiger partial charge in [-0.25, -0.2) is 0 Å². The van der Waals surface area contributed by atoms with Gasteiger partial charge in [0, 0.05) is 38.6 Å². The third-order valence-electron chi connectivity index (χ3n) is 6.22. The second-order valence-electron chi connectivity index (χ2n) is 8.28. The minimum absolute atomic E-state index is 0. The Morgan fingerprint density at radius 1 is 1.03 bits per heavy atom. The number of halogens is 5. The second kappa shape index (κ2) is 11.8. The number of likely N-dealkylation sites (N-methyl/N-ethyl adjacent to an activating group) is 1. The van der Waals surface area contributed by atoms with Gasteiger partial charge < -0.3 is 24.4 Å². The lowest BCUT2D eigenvalue weighted by atomic mass is 9.72. The molecule has 10 heteroatoms. The quantitative estimate of drug-likeness (QED) is 0.640. The summed E-state index contributed by atoms with van der Waals surface area (Å²) in [6, 6.07) is 4.65. The third-order valence-corrected chi connectivity index (χ3v) is 6.22. The van der Waals surface area contributed by atoms with E-state index >= 15 is 0 Å². The molecule has 31 heavy (non-hydrogen) atoms.